The molecule has 2 fully saturated rings. The van der Waals surface area contributed by atoms with E-state index in [4.69, 9.17) is 11.6 Å². The van der Waals surface area contributed by atoms with Crippen molar-refractivity contribution in [2.45, 2.75) is 50.6 Å². The highest BCUT2D eigenvalue weighted by molar-refractivity contribution is 9.10. The van der Waals surface area contributed by atoms with Gasteiger partial charge in [-0.25, -0.2) is 0 Å². The van der Waals surface area contributed by atoms with Gasteiger partial charge in [-0.05, 0) is 56.3 Å². The summed E-state index contributed by atoms with van der Waals surface area (Å²) in [6.07, 6.45) is 7.96. The van der Waals surface area contributed by atoms with Crippen molar-refractivity contribution in [1.29, 1.82) is 0 Å². The molecule has 2 nitrogen and oxygen atoms in total. The third-order valence-electron chi connectivity index (χ3n) is 4.71. The summed E-state index contributed by atoms with van der Waals surface area (Å²) in [6, 6.07) is 7.35. The molecular weight excluding hydrogens is 336 g/mol. The van der Waals surface area contributed by atoms with Crippen molar-refractivity contribution in [2.75, 3.05) is 11.9 Å². The number of nitrogens with one attached hydrogen (secondary N) is 2. The number of anilines is 1. The second-order valence-corrected chi connectivity index (χ2v) is 7.35. The smallest absolute Gasteiger partial charge is 0.0648 e. The lowest BCUT2D eigenvalue weighted by molar-refractivity contribution is 0.286. The average Bonchev–Trinajstić information content (AvgIpc) is 2.91. The van der Waals surface area contributed by atoms with E-state index in [2.05, 4.69) is 38.7 Å². The molecule has 0 aromatic heterocycles. The number of benzene rings is 1. The van der Waals surface area contributed by atoms with E-state index in [0.717, 1.165) is 21.1 Å². The molecule has 3 atom stereocenters. The molecule has 110 valence electrons. The van der Waals surface area contributed by atoms with Crippen LogP contribution in [-0.2, 0) is 0 Å². The highest BCUT2D eigenvalue weighted by atomic mass is 79.9. The van der Waals surface area contributed by atoms with Crippen LogP contribution in [0.1, 0.15) is 38.5 Å². The molecule has 1 saturated carbocycles. The highest BCUT2D eigenvalue weighted by Gasteiger charge is 2.34. The molecule has 3 rings (SSSR count). The minimum Gasteiger partial charge on any atom is -0.381 e. The Bertz CT molecular complexity index is 460. The van der Waals surface area contributed by atoms with Gasteiger partial charge in [-0.2, -0.15) is 0 Å². The van der Waals surface area contributed by atoms with E-state index >= 15 is 0 Å². The van der Waals surface area contributed by atoms with Gasteiger partial charge in [0.25, 0.3) is 0 Å². The maximum Gasteiger partial charge on any atom is 0.0648 e. The molecule has 2 aliphatic rings. The quantitative estimate of drug-likeness (QED) is 0.810. The summed E-state index contributed by atoms with van der Waals surface area (Å²) >= 11 is 9.79. The molecule has 1 aliphatic carbocycles. The van der Waals surface area contributed by atoms with Gasteiger partial charge in [0.1, 0.15) is 0 Å². The summed E-state index contributed by atoms with van der Waals surface area (Å²) in [6.45, 7) is 1.19. The summed E-state index contributed by atoms with van der Waals surface area (Å²) in [5.74, 6) is 0.745. The lowest BCUT2D eigenvalue weighted by Gasteiger charge is -2.33. The number of hydrogen-bond donors (Lipinski definition) is 2. The largest absolute Gasteiger partial charge is 0.381 e. The Morgan fingerprint density at radius 3 is 2.80 bits per heavy atom. The molecule has 0 bridgehead atoms. The van der Waals surface area contributed by atoms with Crippen molar-refractivity contribution in [2.24, 2.45) is 5.92 Å². The molecule has 1 aliphatic heterocycles. The molecule has 0 spiro atoms. The second-order valence-electron chi connectivity index (χ2n) is 6.03. The van der Waals surface area contributed by atoms with E-state index in [1.807, 2.05) is 6.07 Å². The predicted octanol–water partition coefficient (Wildman–Crippen LogP) is 4.83. The van der Waals surface area contributed by atoms with Crippen molar-refractivity contribution in [3.05, 3.63) is 27.7 Å². The van der Waals surface area contributed by atoms with Gasteiger partial charge in [-0.3, -0.25) is 0 Å². The molecule has 4 heteroatoms. The zero-order chi connectivity index (χ0) is 13.9. The SMILES string of the molecule is Clc1cc(Br)ccc1NC1CCCC1C1CCCCN1. The van der Waals surface area contributed by atoms with Crippen LogP contribution in [0.4, 0.5) is 5.69 Å². The normalized spacial score (nSPS) is 30.4. The van der Waals surface area contributed by atoms with Crippen LogP contribution in [0.2, 0.25) is 5.02 Å². The van der Waals surface area contributed by atoms with Crippen LogP contribution in [0.25, 0.3) is 0 Å². The molecule has 1 aromatic carbocycles. The van der Waals surface area contributed by atoms with E-state index in [0.29, 0.717) is 12.1 Å². The van der Waals surface area contributed by atoms with E-state index < -0.39 is 0 Å². The predicted molar refractivity (Wildman–Crippen MR) is 89.5 cm³/mol. The van der Waals surface area contributed by atoms with Crippen LogP contribution in [0.5, 0.6) is 0 Å². The van der Waals surface area contributed by atoms with E-state index in [-0.39, 0.29) is 0 Å². The second kappa shape index (κ2) is 6.67. The molecule has 3 unspecified atom stereocenters. The molecule has 1 aromatic rings. The third-order valence-corrected chi connectivity index (χ3v) is 5.51. The maximum absolute atomic E-state index is 6.33. The van der Waals surface area contributed by atoms with Gasteiger partial charge < -0.3 is 10.6 Å². The molecule has 1 saturated heterocycles. The van der Waals surface area contributed by atoms with E-state index in [1.54, 1.807) is 0 Å². The van der Waals surface area contributed by atoms with E-state index in [9.17, 15) is 0 Å². The standard InChI is InChI=1S/C16H22BrClN2/c17-11-7-8-16(13(18)10-11)20-15-6-3-4-12(15)14-5-1-2-9-19-14/h7-8,10,12,14-15,19-20H,1-6,9H2. The first kappa shape index (κ1) is 14.7. The van der Waals surface area contributed by atoms with Gasteiger partial charge in [0, 0.05) is 16.6 Å². The number of rotatable bonds is 3. The van der Waals surface area contributed by atoms with Crippen molar-refractivity contribution in [1.82, 2.24) is 5.32 Å². The zero-order valence-electron chi connectivity index (χ0n) is 11.7. The van der Waals surface area contributed by atoms with Gasteiger partial charge in [-0.15, -0.1) is 0 Å². The monoisotopic (exact) mass is 356 g/mol. The summed E-state index contributed by atoms with van der Waals surface area (Å²) < 4.78 is 1.03. The fourth-order valence-corrected chi connectivity index (χ4v) is 4.43. The first-order chi connectivity index (χ1) is 9.74. The Labute approximate surface area is 134 Å². The van der Waals surface area contributed by atoms with Crippen LogP contribution in [0.15, 0.2) is 22.7 Å². The van der Waals surface area contributed by atoms with Crippen LogP contribution >= 0.6 is 27.5 Å². The van der Waals surface area contributed by atoms with Gasteiger partial charge in [0.15, 0.2) is 0 Å². The lowest BCUT2D eigenvalue weighted by atomic mass is 9.88. The minimum atomic E-state index is 0.560. The Kier molecular flexibility index (Phi) is 4.90. The van der Waals surface area contributed by atoms with Gasteiger partial charge in [0.2, 0.25) is 0 Å². The Balaban J connectivity index is 1.68. The fourth-order valence-electron chi connectivity index (χ4n) is 3.70. The molecule has 1 heterocycles. The average molecular weight is 358 g/mol. The van der Waals surface area contributed by atoms with Crippen molar-refractivity contribution in [3.8, 4) is 0 Å². The van der Waals surface area contributed by atoms with Crippen LogP contribution in [-0.4, -0.2) is 18.6 Å². The van der Waals surface area contributed by atoms with E-state index in [1.165, 1.54) is 45.1 Å². The molecule has 0 amide bonds. The third kappa shape index (κ3) is 3.32. The minimum absolute atomic E-state index is 0.560. The maximum atomic E-state index is 6.33. The van der Waals surface area contributed by atoms with Crippen LogP contribution in [0, 0.1) is 5.92 Å². The Morgan fingerprint density at radius 1 is 1.15 bits per heavy atom. The highest BCUT2D eigenvalue weighted by Crippen LogP contribution is 2.35. The molecular formula is C16H22BrClN2. The van der Waals surface area contributed by atoms with Crippen molar-refractivity contribution < 1.29 is 0 Å². The van der Waals surface area contributed by atoms with Crippen LogP contribution < -0.4 is 10.6 Å². The fraction of sp³-hybridized carbons (Fsp3) is 0.625. The Morgan fingerprint density at radius 2 is 2.05 bits per heavy atom. The Hall–Kier alpha value is -0.250. The van der Waals surface area contributed by atoms with Gasteiger partial charge in [0.05, 0.1) is 10.7 Å². The van der Waals surface area contributed by atoms with Crippen molar-refractivity contribution in [3.63, 3.8) is 0 Å². The zero-order valence-corrected chi connectivity index (χ0v) is 14.0. The summed E-state index contributed by atoms with van der Waals surface area (Å²) in [4.78, 5) is 0. The lowest BCUT2D eigenvalue weighted by Crippen LogP contribution is -2.44. The number of halogens is 2. The summed E-state index contributed by atoms with van der Waals surface area (Å²) in [5, 5.41) is 8.22. The number of piperidine rings is 1. The topological polar surface area (TPSA) is 24.1 Å². The molecule has 20 heavy (non-hydrogen) atoms. The number of hydrogen-bond acceptors (Lipinski definition) is 2. The molecule has 0 radical (unpaired) electrons. The van der Waals surface area contributed by atoms with Crippen molar-refractivity contribution >= 4 is 33.2 Å². The molecule has 2 N–H and O–H groups in total. The summed E-state index contributed by atoms with van der Waals surface area (Å²) in [5.41, 5.74) is 1.07. The van der Waals surface area contributed by atoms with Gasteiger partial charge >= 0.3 is 0 Å². The first-order valence-electron chi connectivity index (χ1n) is 7.69. The van der Waals surface area contributed by atoms with Gasteiger partial charge in [-0.1, -0.05) is 40.4 Å². The summed E-state index contributed by atoms with van der Waals surface area (Å²) in [7, 11) is 0. The first-order valence-corrected chi connectivity index (χ1v) is 8.86. The van der Waals surface area contributed by atoms with Crippen LogP contribution in [0.3, 0.4) is 0 Å².